The van der Waals surface area contributed by atoms with Gasteiger partial charge in [0.05, 0.1) is 11.2 Å². The molecule has 1 aromatic carbocycles. The van der Waals surface area contributed by atoms with E-state index >= 15 is 0 Å². The molecule has 0 aliphatic heterocycles. The number of aliphatic hydroxyl groups is 1. The van der Waals surface area contributed by atoms with E-state index in [9.17, 15) is 9.90 Å². The van der Waals surface area contributed by atoms with Crippen LogP contribution in [0.1, 0.15) is 55.5 Å². The Bertz CT molecular complexity index is 530. The summed E-state index contributed by atoms with van der Waals surface area (Å²) in [6.45, 7) is 6.81. The number of hydrogen-bond donors (Lipinski definition) is 2. The Balaban J connectivity index is 1.97. The molecule has 0 saturated heterocycles. The second-order valence-corrected chi connectivity index (χ2v) is 8.09. The molecular weight excluding hydrogens is 377 g/mol. The summed E-state index contributed by atoms with van der Waals surface area (Å²) in [6.07, 6.45) is 3.51. The average molecular weight is 401 g/mol. The largest absolute Gasteiger partial charge is 0.388 e. The molecule has 0 heterocycles. The van der Waals surface area contributed by atoms with Gasteiger partial charge in [0.1, 0.15) is 0 Å². The molecule has 116 valence electrons. The van der Waals surface area contributed by atoms with Crippen molar-refractivity contribution in [1.29, 1.82) is 0 Å². The molecule has 1 amide bonds. The molecule has 1 aromatic rings. The molecule has 0 unspecified atom stereocenters. The highest BCUT2D eigenvalue weighted by atomic mass is 127. The molecule has 1 aliphatic carbocycles. The number of benzene rings is 1. The summed E-state index contributed by atoms with van der Waals surface area (Å²) in [7, 11) is 0. The van der Waals surface area contributed by atoms with Crippen LogP contribution in [0.25, 0.3) is 0 Å². The van der Waals surface area contributed by atoms with Gasteiger partial charge in [0.2, 0.25) is 0 Å². The Labute approximate surface area is 140 Å². The van der Waals surface area contributed by atoms with E-state index in [1.165, 1.54) is 0 Å². The minimum Gasteiger partial charge on any atom is -0.388 e. The van der Waals surface area contributed by atoms with Crippen molar-refractivity contribution in [3.05, 3.63) is 32.9 Å². The molecule has 3 nitrogen and oxygen atoms in total. The van der Waals surface area contributed by atoms with Crippen molar-refractivity contribution in [2.24, 2.45) is 5.41 Å². The van der Waals surface area contributed by atoms with Crippen molar-refractivity contribution in [3.8, 4) is 0 Å². The fourth-order valence-corrected chi connectivity index (χ4v) is 3.34. The lowest BCUT2D eigenvalue weighted by Gasteiger charge is -2.40. The minimum absolute atomic E-state index is 0.0960. The van der Waals surface area contributed by atoms with Gasteiger partial charge in [0.15, 0.2) is 0 Å². The van der Waals surface area contributed by atoms with Crippen molar-refractivity contribution in [2.45, 2.75) is 52.1 Å². The van der Waals surface area contributed by atoms with Crippen molar-refractivity contribution in [2.75, 3.05) is 6.54 Å². The lowest BCUT2D eigenvalue weighted by Crippen LogP contribution is -2.46. The Morgan fingerprint density at radius 3 is 2.52 bits per heavy atom. The number of hydrogen-bond acceptors (Lipinski definition) is 2. The summed E-state index contributed by atoms with van der Waals surface area (Å²) >= 11 is 2.20. The fourth-order valence-electron chi connectivity index (χ4n) is 2.73. The van der Waals surface area contributed by atoms with Crippen LogP contribution in [0.5, 0.6) is 0 Å². The van der Waals surface area contributed by atoms with E-state index in [0.29, 0.717) is 17.5 Å². The number of amides is 1. The summed E-state index contributed by atoms with van der Waals surface area (Å²) in [4.78, 5) is 12.3. The molecule has 4 heteroatoms. The van der Waals surface area contributed by atoms with E-state index in [0.717, 1.165) is 34.8 Å². The molecule has 0 aromatic heterocycles. The lowest BCUT2D eigenvalue weighted by atomic mass is 9.71. The van der Waals surface area contributed by atoms with E-state index in [1.54, 1.807) is 0 Å². The zero-order valence-corrected chi connectivity index (χ0v) is 15.2. The van der Waals surface area contributed by atoms with Gasteiger partial charge in [-0.05, 0) is 72.2 Å². The Morgan fingerprint density at radius 2 is 1.90 bits per heavy atom. The standard InChI is InChI=1S/C17H24INO2/c1-12-5-4-6-13(14(12)18)15(20)19-11-17(21)9-7-16(2,3)8-10-17/h4-6,21H,7-11H2,1-3H3,(H,19,20). The molecule has 2 N–H and O–H groups in total. The monoisotopic (exact) mass is 401 g/mol. The SMILES string of the molecule is Cc1cccc(C(=O)NCC2(O)CCC(C)(C)CC2)c1I. The van der Waals surface area contributed by atoms with E-state index in [2.05, 4.69) is 41.8 Å². The van der Waals surface area contributed by atoms with Crippen LogP contribution in [-0.4, -0.2) is 23.2 Å². The first-order chi connectivity index (χ1) is 9.72. The van der Waals surface area contributed by atoms with Crippen molar-refractivity contribution < 1.29 is 9.90 Å². The zero-order chi connectivity index (χ0) is 15.7. The number of rotatable bonds is 3. The van der Waals surface area contributed by atoms with Gasteiger partial charge >= 0.3 is 0 Å². The summed E-state index contributed by atoms with van der Waals surface area (Å²) in [5, 5.41) is 13.5. The third kappa shape index (κ3) is 4.19. The number of nitrogens with one attached hydrogen (secondary N) is 1. The first-order valence-corrected chi connectivity index (χ1v) is 8.56. The van der Waals surface area contributed by atoms with Crippen LogP contribution in [0.4, 0.5) is 0 Å². The van der Waals surface area contributed by atoms with Gasteiger partial charge in [0.25, 0.3) is 5.91 Å². The van der Waals surface area contributed by atoms with E-state index < -0.39 is 5.60 Å². The highest BCUT2D eigenvalue weighted by Gasteiger charge is 2.36. The van der Waals surface area contributed by atoms with E-state index in [4.69, 9.17) is 0 Å². The molecule has 1 aliphatic rings. The first kappa shape index (κ1) is 16.7. The highest BCUT2D eigenvalue weighted by Crippen LogP contribution is 2.39. The quantitative estimate of drug-likeness (QED) is 0.760. The van der Waals surface area contributed by atoms with E-state index in [-0.39, 0.29) is 5.91 Å². The maximum absolute atomic E-state index is 12.3. The normalized spacial score (nSPS) is 20.0. The molecule has 0 atom stereocenters. The highest BCUT2D eigenvalue weighted by molar-refractivity contribution is 14.1. The topological polar surface area (TPSA) is 49.3 Å². The molecule has 0 spiro atoms. The number of carbonyl (C=O) groups is 1. The predicted molar refractivity (Wildman–Crippen MR) is 93.4 cm³/mol. The van der Waals surface area contributed by atoms with Crippen LogP contribution in [0.3, 0.4) is 0 Å². The van der Waals surface area contributed by atoms with Crippen molar-refractivity contribution in [3.63, 3.8) is 0 Å². The molecule has 1 fully saturated rings. The average Bonchev–Trinajstić information content (AvgIpc) is 2.43. The van der Waals surface area contributed by atoms with E-state index in [1.807, 2.05) is 25.1 Å². The second-order valence-electron chi connectivity index (χ2n) is 7.01. The van der Waals surface area contributed by atoms with Gasteiger partial charge in [-0.1, -0.05) is 26.0 Å². The third-order valence-corrected chi connectivity index (χ3v) is 5.98. The van der Waals surface area contributed by atoms with Crippen molar-refractivity contribution in [1.82, 2.24) is 5.32 Å². The van der Waals surface area contributed by atoms with Crippen LogP contribution in [0.15, 0.2) is 18.2 Å². The Morgan fingerprint density at radius 1 is 1.29 bits per heavy atom. The van der Waals surface area contributed by atoms with Crippen LogP contribution in [0, 0.1) is 15.9 Å². The smallest absolute Gasteiger partial charge is 0.252 e. The van der Waals surface area contributed by atoms with Crippen LogP contribution < -0.4 is 5.32 Å². The maximum atomic E-state index is 12.3. The zero-order valence-electron chi connectivity index (χ0n) is 13.0. The first-order valence-electron chi connectivity index (χ1n) is 7.48. The number of carbonyl (C=O) groups excluding carboxylic acids is 1. The van der Waals surface area contributed by atoms with Gasteiger partial charge in [-0.25, -0.2) is 0 Å². The summed E-state index contributed by atoms with van der Waals surface area (Å²) in [6, 6.07) is 5.72. The van der Waals surface area contributed by atoms with Crippen LogP contribution in [0.2, 0.25) is 0 Å². The molecule has 21 heavy (non-hydrogen) atoms. The third-order valence-electron chi connectivity index (χ3n) is 4.55. The van der Waals surface area contributed by atoms with Crippen LogP contribution >= 0.6 is 22.6 Å². The molecule has 2 rings (SSSR count). The van der Waals surface area contributed by atoms with Gasteiger partial charge in [-0.15, -0.1) is 0 Å². The Kier molecular flexibility index (Phi) is 4.98. The lowest BCUT2D eigenvalue weighted by molar-refractivity contribution is -0.0233. The summed E-state index contributed by atoms with van der Waals surface area (Å²) < 4.78 is 0.976. The van der Waals surface area contributed by atoms with Crippen molar-refractivity contribution >= 4 is 28.5 Å². The molecule has 0 bridgehead atoms. The molecule has 0 radical (unpaired) electrons. The molecule has 1 saturated carbocycles. The predicted octanol–water partition coefficient (Wildman–Crippen LogP) is 3.66. The molecular formula is C17H24INO2. The van der Waals surface area contributed by atoms with Crippen LogP contribution in [-0.2, 0) is 0 Å². The number of aryl methyl sites for hydroxylation is 1. The fraction of sp³-hybridized carbons (Fsp3) is 0.588. The second kappa shape index (κ2) is 6.24. The van der Waals surface area contributed by atoms with Gasteiger partial charge in [-0.2, -0.15) is 0 Å². The summed E-state index contributed by atoms with van der Waals surface area (Å²) in [5.41, 5.74) is 1.35. The maximum Gasteiger partial charge on any atom is 0.252 e. The van der Waals surface area contributed by atoms with Gasteiger partial charge in [0, 0.05) is 10.1 Å². The van der Waals surface area contributed by atoms with Gasteiger partial charge in [-0.3, -0.25) is 4.79 Å². The number of halogens is 1. The minimum atomic E-state index is -0.750. The van der Waals surface area contributed by atoms with Gasteiger partial charge < -0.3 is 10.4 Å². The summed E-state index contributed by atoms with van der Waals surface area (Å²) in [5.74, 6) is -0.0960. The Hall–Kier alpha value is -0.620.